The molecule has 164 valence electrons. The highest BCUT2D eigenvalue weighted by atomic mass is 32.2. The van der Waals surface area contributed by atoms with E-state index in [4.69, 9.17) is 14.6 Å². The summed E-state index contributed by atoms with van der Waals surface area (Å²) in [5, 5.41) is 6.82. The lowest BCUT2D eigenvalue weighted by atomic mass is 10.0. The van der Waals surface area contributed by atoms with Crippen LogP contribution in [0.4, 0.5) is 4.79 Å². The number of hydrogen-bond donors (Lipinski definition) is 1. The summed E-state index contributed by atoms with van der Waals surface area (Å²) in [5.74, 6) is 0.822. The molecule has 1 aromatic heterocycles. The number of carbonyl (C=O) groups is 1. The average molecular weight is 440 g/mol. The van der Waals surface area contributed by atoms with Crippen LogP contribution in [0.5, 0.6) is 5.75 Å². The van der Waals surface area contributed by atoms with Crippen LogP contribution in [0.15, 0.2) is 47.4 Å². The molecule has 0 unspecified atom stereocenters. The predicted octanol–water partition coefficient (Wildman–Crippen LogP) is 4.96. The summed E-state index contributed by atoms with van der Waals surface area (Å²) in [4.78, 5) is 15.5. The van der Waals surface area contributed by atoms with Crippen molar-refractivity contribution >= 4 is 28.9 Å². The standard InChI is InChI=1S/C24H29N3O3S/c1-24(2,3)30-23(28)26-12-11-21-20(15-26)19-10-7-17(29-4)13-22(19)27(21)14-16-5-8-18(31-25)9-6-16/h5-10,13H,11-12,14-15,25H2,1-4H3. The third-order valence-electron chi connectivity index (χ3n) is 5.51. The van der Waals surface area contributed by atoms with Crippen molar-refractivity contribution in [3.05, 3.63) is 59.3 Å². The largest absolute Gasteiger partial charge is 0.497 e. The number of nitrogens with zero attached hydrogens (tertiary/aromatic N) is 2. The third kappa shape index (κ3) is 4.52. The number of hydrogen-bond acceptors (Lipinski definition) is 5. The van der Waals surface area contributed by atoms with Crippen molar-refractivity contribution in [3.63, 3.8) is 0 Å². The number of amides is 1. The zero-order chi connectivity index (χ0) is 22.2. The maximum atomic E-state index is 12.7. The topological polar surface area (TPSA) is 69.7 Å². The predicted molar refractivity (Wildman–Crippen MR) is 124 cm³/mol. The molecule has 6 nitrogen and oxygen atoms in total. The smallest absolute Gasteiger partial charge is 0.410 e. The molecule has 2 aromatic carbocycles. The molecule has 7 heteroatoms. The van der Waals surface area contributed by atoms with E-state index in [2.05, 4.69) is 28.8 Å². The minimum absolute atomic E-state index is 0.262. The van der Waals surface area contributed by atoms with E-state index >= 15 is 0 Å². The Morgan fingerprint density at radius 1 is 1.16 bits per heavy atom. The summed E-state index contributed by atoms with van der Waals surface area (Å²) in [7, 11) is 1.68. The molecule has 1 aliphatic heterocycles. The van der Waals surface area contributed by atoms with Crippen LogP contribution in [0, 0.1) is 0 Å². The van der Waals surface area contributed by atoms with Crippen LogP contribution in [0.2, 0.25) is 0 Å². The van der Waals surface area contributed by atoms with E-state index in [-0.39, 0.29) is 6.09 Å². The lowest BCUT2D eigenvalue weighted by molar-refractivity contribution is 0.0223. The van der Waals surface area contributed by atoms with Crippen LogP contribution in [0.25, 0.3) is 10.9 Å². The second kappa shape index (κ2) is 8.48. The second-order valence-corrected chi connectivity index (χ2v) is 9.52. The summed E-state index contributed by atoms with van der Waals surface area (Å²) < 4.78 is 13.5. The SMILES string of the molecule is COc1ccc2c3c(n(Cc4ccc(SN)cc4)c2c1)CCN(C(=O)OC(C)(C)C)C3. The van der Waals surface area contributed by atoms with Gasteiger partial charge in [0.15, 0.2) is 0 Å². The van der Waals surface area contributed by atoms with Gasteiger partial charge in [0.25, 0.3) is 0 Å². The van der Waals surface area contributed by atoms with Crippen molar-refractivity contribution in [2.24, 2.45) is 5.14 Å². The number of rotatable bonds is 4. The first-order chi connectivity index (χ1) is 14.8. The highest BCUT2D eigenvalue weighted by Crippen LogP contribution is 2.34. The average Bonchev–Trinajstić information content (AvgIpc) is 3.05. The Kier molecular flexibility index (Phi) is 5.90. The van der Waals surface area contributed by atoms with Crippen LogP contribution in [0.3, 0.4) is 0 Å². The highest BCUT2D eigenvalue weighted by Gasteiger charge is 2.29. The lowest BCUT2D eigenvalue weighted by Crippen LogP contribution is -2.40. The van der Waals surface area contributed by atoms with Gasteiger partial charge in [-0.25, -0.2) is 4.79 Å². The second-order valence-electron chi connectivity index (χ2n) is 8.81. The first-order valence-electron chi connectivity index (χ1n) is 10.4. The molecule has 0 bridgehead atoms. The van der Waals surface area contributed by atoms with Crippen LogP contribution in [-0.2, 0) is 24.2 Å². The Hall–Kier alpha value is -2.64. The molecule has 0 saturated carbocycles. The molecule has 1 amide bonds. The molecular formula is C24H29N3O3S. The fourth-order valence-electron chi connectivity index (χ4n) is 4.07. The monoisotopic (exact) mass is 439 g/mol. The van der Waals surface area contributed by atoms with Gasteiger partial charge in [-0.2, -0.15) is 0 Å². The Balaban J connectivity index is 1.72. The van der Waals surface area contributed by atoms with Crippen molar-refractivity contribution in [1.29, 1.82) is 0 Å². The van der Waals surface area contributed by atoms with Crippen molar-refractivity contribution in [3.8, 4) is 5.75 Å². The van der Waals surface area contributed by atoms with Gasteiger partial charge in [-0.3, -0.25) is 5.14 Å². The van der Waals surface area contributed by atoms with Gasteiger partial charge in [0.05, 0.1) is 19.2 Å². The van der Waals surface area contributed by atoms with Gasteiger partial charge in [-0.1, -0.05) is 12.1 Å². The van der Waals surface area contributed by atoms with Gasteiger partial charge in [0.2, 0.25) is 0 Å². The summed E-state index contributed by atoms with van der Waals surface area (Å²) >= 11 is 1.25. The van der Waals surface area contributed by atoms with Crippen molar-refractivity contribution < 1.29 is 14.3 Å². The molecule has 0 saturated heterocycles. The summed E-state index contributed by atoms with van der Waals surface area (Å²) in [6, 6.07) is 14.5. The number of carbonyl (C=O) groups excluding carboxylic acids is 1. The Morgan fingerprint density at radius 2 is 1.90 bits per heavy atom. The lowest BCUT2D eigenvalue weighted by Gasteiger charge is -2.30. The minimum Gasteiger partial charge on any atom is -0.497 e. The fraction of sp³-hybridized carbons (Fsp3) is 0.375. The Labute approximate surface area is 187 Å². The molecule has 0 radical (unpaired) electrons. The van der Waals surface area contributed by atoms with E-state index in [9.17, 15) is 4.79 Å². The molecule has 2 heterocycles. The third-order valence-corrected chi connectivity index (χ3v) is 6.06. The van der Waals surface area contributed by atoms with Gasteiger partial charge in [-0.05, 0) is 62.5 Å². The Morgan fingerprint density at radius 3 is 2.55 bits per heavy atom. The van der Waals surface area contributed by atoms with E-state index in [1.165, 1.54) is 28.8 Å². The molecule has 4 rings (SSSR count). The molecular weight excluding hydrogens is 410 g/mol. The zero-order valence-corrected chi connectivity index (χ0v) is 19.3. The van der Waals surface area contributed by atoms with Crippen molar-refractivity contribution in [1.82, 2.24) is 9.47 Å². The first-order valence-corrected chi connectivity index (χ1v) is 11.3. The number of ether oxygens (including phenoxy) is 2. The fourth-order valence-corrected chi connectivity index (χ4v) is 4.37. The van der Waals surface area contributed by atoms with Crippen LogP contribution in [0.1, 0.15) is 37.6 Å². The molecule has 0 fully saturated rings. The minimum atomic E-state index is -0.507. The van der Waals surface area contributed by atoms with E-state index in [0.717, 1.165) is 34.5 Å². The summed E-state index contributed by atoms with van der Waals surface area (Å²) in [6.45, 7) is 7.62. The number of benzene rings is 2. The van der Waals surface area contributed by atoms with Gasteiger partial charge in [0.1, 0.15) is 11.4 Å². The van der Waals surface area contributed by atoms with Crippen molar-refractivity contribution in [2.75, 3.05) is 13.7 Å². The van der Waals surface area contributed by atoms with E-state index in [1.807, 2.05) is 39.0 Å². The molecule has 0 spiro atoms. The zero-order valence-electron chi connectivity index (χ0n) is 18.5. The molecule has 31 heavy (non-hydrogen) atoms. The maximum Gasteiger partial charge on any atom is 0.410 e. The van der Waals surface area contributed by atoms with E-state index < -0.39 is 5.60 Å². The van der Waals surface area contributed by atoms with E-state index in [1.54, 1.807) is 12.0 Å². The van der Waals surface area contributed by atoms with Crippen LogP contribution >= 0.6 is 11.9 Å². The first kappa shape index (κ1) is 21.6. The maximum absolute atomic E-state index is 12.7. The van der Waals surface area contributed by atoms with Crippen LogP contribution < -0.4 is 9.88 Å². The number of methoxy groups -OCH3 is 1. The molecule has 2 N–H and O–H groups in total. The Bertz CT molecular complexity index is 1100. The molecule has 1 aliphatic rings. The van der Waals surface area contributed by atoms with Gasteiger partial charge >= 0.3 is 6.09 Å². The quantitative estimate of drug-likeness (QED) is 0.582. The molecule has 0 atom stereocenters. The number of nitrogens with two attached hydrogens (primary N) is 1. The highest BCUT2D eigenvalue weighted by molar-refractivity contribution is 7.97. The summed E-state index contributed by atoms with van der Waals surface area (Å²) in [5.41, 5.74) is 4.26. The van der Waals surface area contributed by atoms with Gasteiger partial charge in [-0.15, -0.1) is 0 Å². The van der Waals surface area contributed by atoms with Crippen molar-refractivity contribution in [2.45, 2.75) is 50.8 Å². The number of fused-ring (bicyclic) bond motifs is 3. The summed E-state index contributed by atoms with van der Waals surface area (Å²) in [6.07, 6.45) is 0.518. The van der Waals surface area contributed by atoms with Gasteiger partial charge < -0.3 is 18.9 Å². The normalized spacial score (nSPS) is 13.9. The number of aromatic nitrogens is 1. The van der Waals surface area contributed by atoms with E-state index in [0.29, 0.717) is 13.1 Å². The molecule has 3 aromatic rings. The van der Waals surface area contributed by atoms with Gasteiger partial charge in [0, 0.05) is 47.1 Å². The molecule has 0 aliphatic carbocycles. The van der Waals surface area contributed by atoms with Crippen LogP contribution in [-0.4, -0.2) is 34.8 Å².